The molecule has 0 aliphatic rings. The SMILES string of the molecule is COCCC(C)(C=O)OC. The Morgan fingerprint density at radius 2 is 2.10 bits per heavy atom. The third-order valence-electron chi connectivity index (χ3n) is 1.52. The maximum atomic E-state index is 10.4. The van der Waals surface area contributed by atoms with E-state index in [0.717, 1.165) is 6.29 Å². The highest BCUT2D eigenvalue weighted by Gasteiger charge is 2.21. The van der Waals surface area contributed by atoms with Crippen LogP contribution in [0.3, 0.4) is 0 Å². The summed E-state index contributed by atoms with van der Waals surface area (Å²) in [5.41, 5.74) is -0.671. The van der Waals surface area contributed by atoms with Crippen molar-refractivity contribution in [1.82, 2.24) is 0 Å². The van der Waals surface area contributed by atoms with Crippen molar-refractivity contribution in [3.05, 3.63) is 0 Å². The number of rotatable bonds is 5. The van der Waals surface area contributed by atoms with Gasteiger partial charge in [-0.15, -0.1) is 0 Å². The van der Waals surface area contributed by atoms with Crippen LogP contribution in [0.2, 0.25) is 0 Å². The van der Waals surface area contributed by atoms with E-state index in [2.05, 4.69) is 0 Å². The Labute approximate surface area is 61.3 Å². The Bertz CT molecular complexity index is 103. The molecule has 60 valence electrons. The van der Waals surface area contributed by atoms with Gasteiger partial charge >= 0.3 is 0 Å². The quantitative estimate of drug-likeness (QED) is 0.533. The summed E-state index contributed by atoms with van der Waals surface area (Å²) < 4.78 is 9.74. The van der Waals surface area contributed by atoms with Crippen molar-refractivity contribution in [2.24, 2.45) is 0 Å². The first-order valence-electron chi connectivity index (χ1n) is 3.19. The molecule has 3 nitrogen and oxygen atoms in total. The predicted molar refractivity (Wildman–Crippen MR) is 38.0 cm³/mol. The van der Waals surface area contributed by atoms with E-state index in [1.165, 1.54) is 7.11 Å². The van der Waals surface area contributed by atoms with Crippen molar-refractivity contribution >= 4 is 6.29 Å². The molecule has 3 heteroatoms. The fourth-order valence-electron chi connectivity index (χ4n) is 0.514. The third-order valence-corrected chi connectivity index (χ3v) is 1.52. The maximum Gasteiger partial charge on any atom is 0.151 e. The van der Waals surface area contributed by atoms with E-state index >= 15 is 0 Å². The lowest BCUT2D eigenvalue weighted by Gasteiger charge is -2.19. The van der Waals surface area contributed by atoms with E-state index in [0.29, 0.717) is 13.0 Å². The van der Waals surface area contributed by atoms with Crippen molar-refractivity contribution in [3.8, 4) is 0 Å². The van der Waals surface area contributed by atoms with Gasteiger partial charge in [0, 0.05) is 27.2 Å². The fraction of sp³-hybridized carbons (Fsp3) is 0.857. The maximum absolute atomic E-state index is 10.4. The largest absolute Gasteiger partial charge is 0.385 e. The number of hydrogen-bond acceptors (Lipinski definition) is 3. The summed E-state index contributed by atoms with van der Waals surface area (Å²) in [7, 11) is 3.12. The van der Waals surface area contributed by atoms with Crippen LogP contribution in [-0.4, -0.2) is 32.7 Å². The summed E-state index contributed by atoms with van der Waals surface area (Å²) in [5, 5.41) is 0. The molecule has 0 rings (SSSR count). The summed E-state index contributed by atoms with van der Waals surface area (Å²) in [6.45, 7) is 2.28. The van der Waals surface area contributed by atoms with Crippen LogP contribution < -0.4 is 0 Å². The third kappa shape index (κ3) is 2.94. The van der Waals surface area contributed by atoms with Gasteiger partial charge in [-0.1, -0.05) is 0 Å². The Morgan fingerprint density at radius 3 is 2.40 bits per heavy atom. The molecule has 0 aromatic heterocycles. The zero-order valence-electron chi connectivity index (χ0n) is 6.72. The van der Waals surface area contributed by atoms with Gasteiger partial charge in [-0.3, -0.25) is 0 Å². The van der Waals surface area contributed by atoms with Crippen LogP contribution in [0.4, 0.5) is 0 Å². The van der Waals surface area contributed by atoms with E-state index < -0.39 is 5.60 Å². The molecule has 0 bridgehead atoms. The molecule has 0 aliphatic carbocycles. The first-order valence-corrected chi connectivity index (χ1v) is 3.19. The summed E-state index contributed by atoms with van der Waals surface area (Å²) in [5.74, 6) is 0. The molecule has 10 heavy (non-hydrogen) atoms. The Hall–Kier alpha value is -0.410. The molecule has 0 aromatic carbocycles. The van der Waals surface area contributed by atoms with E-state index in [1.54, 1.807) is 14.0 Å². The van der Waals surface area contributed by atoms with E-state index in [9.17, 15) is 4.79 Å². The van der Waals surface area contributed by atoms with Gasteiger partial charge in [0.1, 0.15) is 5.60 Å². The van der Waals surface area contributed by atoms with E-state index in [-0.39, 0.29) is 0 Å². The molecule has 0 saturated heterocycles. The van der Waals surface area contributed by atoms with Crippen molar-refractivity contribution < 1.29 is 14.3 Å². The normalized spacial score (nSPS) is 16.3. The van der Waals surface area contributed by atoms with Gasteiger partial charge in [0.15, 0.2) is 6.29 Å². The summed E-state index contributed by atoms with van der Waals surface area (Å²) in [6, 6.07) is 0. The van der Waals surface area contributed by atoms with Crippen LogP contribution in [0.15, 0.2) is 0 Å². The second-order valence-electron chi connectivity index (χ2n) is 2.38. The van der Waals surface area contributed by atoms with Crippen molar-refractivity contribution in [1.29, 1.82) is 0 Å². The van der Waals surface area contributed by atoms with Gasteiger partial charge in [-0.25, -0.2) is 0 Å². The molecule has 0 spiro atoms. The van der Waals surface area contributed by atoms with Crippen LogP contribution >= 0.6 is 0 Å². The van der Waals surface area contributed by atoms with Gasteiger partial charge in [0.2, 0.25) is 0 Å². The lowest BCUT2D eigenvalue weighted by atomic mass is 10.1. The molecule has 0 saturated carbocycles. The van der Waals surface area contributed by atoms with Crippen LogP contribution in [0.25, 0.3) is 0 Å². The van der Waals surface area contributed by atoms with Gasteiger partial charge in [0.25, 0.3) is 0 Å². The first-order chi connectivity index (χ1) is 4.68. The molecule has 0 radical (unpaired) electrons. The zero-order chi connectivity index (χ0) is 8.04. The number of ether oxygens (including phenoxy) is 2. The molecule has 0 aliphatic heterocycles. The molecule has 0 aromatic rings. The van der Waals surface area contributed by atoms with E-state index in [1.807, 2.05) is 0 Å². The highest BCUT2D eigenvalue weighted by Crippen LogP contribution is 2.09. The number of carbonyl (C=O) groups excluding carboxylic acids is 1. The molecular weight excluding hydrogens is 132 g/mol. The van der Waals surface area contributed by atoms with Gasteiger partial charge in [-0.2, -0.15) is 0 Å². The standard InChI is InChI=1S/C7H14O3/c1-7(6-8,10-3)4-5-9-2/h6H,4-5H2,1-3H3. The Morgan fingerprint density at radius 1 is 1.50 bits per heavy atom. The molecule has 0 N–H and O–H groups in total. The van der Waals surface area contributed by atoms with Crippen LogP contribution in [0.5, 0.6) is 0 Å². The molecular formula is C7H14O3. The fourth-order valence-corrected chi connectivity index (χ4v) is 0.514. The molecule has 0 fully saturated rings. The minimum atomic E-state index is -0.671. The van der Waals surface area contributed by atoms with E-state index in [4.69, 9.17) is 9.47 Å². The van der Waals surface area contributed by atoms with Gasteiger partial charge in [0.05, 0.1) is 0 Å². The number of aldehydes is 1. The average Bonchev–Trinajstić information content (AvgIpc) is 2.00. The summed E-state index contributed by atoms with van der Waals surface area (Å²) in [6.07, 6.45) is 1.40. The monoisotopic (exact) mass is 146 g/mol. The zero-order valence-corrected chi connectivity index (χ0v) is 6.72. The lowest BCUT2D eigenvalue weighted by molar-refractivity contribution is -0.127. The average molecular weight is 146 g/mol. The minimum Gasteiger partial charge on any atom is -0.385 e. The predicted octanol–water partition coefficient (Wildman–Crippen LogP) is 0.627. The van der Waals surface area contributed by atoms with Crippen molar-refractivity contribution in [3.63, 3.8) is 0 Å². The van der Waals surface area contributed by atoms with Gasteiger partial charge < -0.3 is 14.3 Å². The second-order valence-corrected chi connectivity index (χ2v) is 2.38. The topological polar surface area (TPSA) is 35.5 Å². The van der Waals surface area contributed by atoms with Crippen LogP contribution in [0, 0.1) is 0 Å². The number of hydrogen-bond donors (Lipinski definition) is 0. The smallest absolute Gasteiger partial charge is 0.151 e. The van der Waals surface area contributed by atoms with Crippen molar-refractivity contribution in [2.75, 3.05) is 20.8 Å². The van der Waals surface area contributed by atoms with Gasteiger partial charge in [-0.05, 0) is 6.92 Å². The minimum absolute atomic E-state index is 0.545. The number of carbonyl (C=O) groups is 1. The van der Waals surface area contributed by atoms with Crippen LogP contribution in [0.1, 0.15) is 13.3 Å². The molecule has 0 amide bonds. The first kappa shape index (κ1) is 9.59. The summed E-state index contributed by atoms with van der Waals surface area (Å²) >= 11 is 0. The van der Waals surface area contributed by atoms with Crippen molar-refractivity contribution in [2.45, 2.75) is 18.9 Å². The Kier molecular flexibility index (Phi) is 4.23. The molecule has 1 unspecified atom stereocenters. The Balaban J connectivity index is 3.68. The number of methoxy groups -OCH3 is 2. The van der Waals surface area contributed by atoms with Crippen LogP contribution in [-0.2, 0) is 14.3 Å². The molecule has 1 atom stereocenters. The highest BCUT2D eigenvalue weighted by molar-refractivity contribution is 5.61. The molecule has 0 heterocycles. The lowest BCUT2D eigenvalue weighted by Crippen LogP contribution is -2.30. The second kappa shape index (κ2) is 4.41. The summed E-state index contributed by atoms with van der Waals surface area (Å²) in [4.78, 5) is 10.4. The highest BCUT2D eigenvalue weighted by atomic mass is 16.5.